The average Bonchev–Trinajstić information content (AvgIpc) is 2.47. The fourth-order valence-electron chi connectivity index (χ4n) is 2.74. The van der Waals surface area contributed by atoms with Gasteiger partial charge in [0.05, 0.1) is 0 Å². The second-order valence-corrected chi connectivity index (χ2v) is 4.97. The number of hydrogen-bond acceptors (Lipinski definition) is 2. The van der Waals surface area contributed by atoms with E-state index in [0.29, 0.717) is 19.5 Å². The summed E-state index contributed by atoms with van der Waals surface area (Å²) in [6.45, 7) is 8.66. The van der Waals surface area contributed by atoms with E-state index in [1.54, 1.807) is 9.80 Å². The van der Waals surface area contributed by atoms with Gasteiger partial charge in [0.15, 0.2) is 0 Å². The molecule has 0 saturated carbocycles. The van der Waals surface area contributed by atoms with E-state index in [0.717, 1.165) is 5.56 Å². The van der Waals surface area contributed by atoms with Crippen LogP contribution in [0.15, 0.2) is 30.3 Å². The second kappa shape index (κ2) is 7.74. The summed E-state index contributed by atoms with van der Waals surface area (Å²) in [4.78, 5) is 28.1. The van der Waals surface area contributed by atoms with Crippen molar-refractivity contribution in [2.45, 2.75) is 32.4 Å². The SMILES string of the molecule is [CH2-]C1C(=O)N(CC)C(Cc2ccccc2)C(=O)N1CC.[W]. The van der Waals surface area contributed by atoms with Gasteiger partial charge >= 0.3 is 0 Å². The van der Waals surface area contributed by atoms with Crippen molar-refractivity contribution >= 4 is 11.8 Å². The van der Waals surface area contributed by atoms with Crippen LogP contribution in [0, 0.1) is 6.92 Å². The quantitative estimate of drug-likeness (QED) is 0.644. The van der Waals surface area contributed by atoms with Gasteiger partial charge in [-0.1, -0.05) is 30.3 Å². The number of nitrogens with zero attached hydrogens (tertiary/aromatic N) is 2. The predicted molar refractivity (Wildman–Crippen MR) is 77.9 cm³/mol. The molecule has 1 aromatic carbocycles. The van der Waals surface area contributed by atoms with Crippen molar-refractivity contribution < 1.29 is 30.7 Å². The van der Waals surface area contributed by atoms with E-state index in [-0.39, 0.29) is 32.9 Å². The maximum Gasteiger partial charge on any atom is 0.243 e. The van der Waals surface area contributed by atoms with Crippen LogP contribution in [-0.2, 0) is 37.1 Å². The number of hydrogen-bond donors (Lipinski definition) is 0. The van der Waals surface area contributed by atoms with Crippen molar-refractivity contribution in [1.82, 2.24) is 9.80 Å². The second-order valence-electron chi connectivity index (χ2n) is 4.97. The molecule has 1 aromatic rings. The van der Waals surface area contributed by atoms with Gasteiger partial charge in [0.25, 0.3) is 0 Å². The van der Waals surface area contributed by atoms with Crippen LogP contribution >= 0.6 is 0 Å². The van der Waals surface area contributed by atoms with E-state index >= 15 is 0 Å². The van der Waals surface area contributed by atoms with Gasteiger partial charge in [-0.2, -0.15) is 0 Å². The van der Waals surface area contributed by atoms with E-state index in [1.807, 2.05) is 44.2 Å². The van der Waals surface area contributed by atoms with Crippen molar-refractivity contribution in [3.8, 4) is 0 Å². The topological polar surface area (TPSA) is 40.6 Å². The molecular formula is C16H21N2O2W-. The molecule has 0 N–H and O–H groups in total. The Morgan fingerprint density at radius 1 is 1.00 bits per heavy atom. The van der Waals surface area contributed by atoms with Gasteiger partial charge in [0, 0.05) is 40.6 Å². The van der Waals surface area contributed by atoms with Gasteiger partial charge in [-0.05, 0) is 25.5 Å². The zero-order valence-corrected chi connectivity index (χ0v) is 15.4. The van der Waals surface area contributed by atoms with Gasteiger partial charge in [0.1, 0.15) is 6.04 Å². The Morgan fingerprint density at radius 3 is 2.10 bits per heavy atom. The van der Waals surface area contributed by atoms with E-state index in [9.17, 15) is 9.59 Å². The molecule has 21 heavy (non-hydrogen) atoms. The molecule has 114 valence electrons. The number of piperazine rings is 1. The predicted octanol–water partition coefficient (Wildman–Crippen LogP) is 1.51. The summed E-state index contributed by atoms with van der Waals surface area (Å²) in [5, 5.41) is 0. The summed E-state index contributed by atoms with van der Waals surface area (Å²) in [5.41, 5.74) is 1.07. The average molecular weight is 457 g/mol. The molecule has 2 atom stereocenters. The standard InChI is InChI=1S/C16H21N2O2.W/c1-4-17-12(3)15(19)18(5-2)14(16(17)20)11-13-9-7-6-8-10-13;/h6-10,12,14H,3-5,11H2,1-2H3;/q-1;. The first kappa shape index (κ1) is 17.9. The minimum Gasteiger partial charge on any atom is -0.359 e. The largest absolute Gasteiger partial charge is 0.359 e. The first-order chi connectivity index (χ1) is 9.60. The molecule has 1 aliphatic heterocycles. The van der Waals surface area contributed by atoms with Crippen molar-refractivity contribution in [1.29, 1.82) is 0 Å². The number of likely N-dealkylation sites (N-methyl/N-ethyl adjacent to an activating group) is 2. The molecule has 4 nitrogen and oxygen atoms in total. The summed E-state index contributed by atoms with van der Waals surface area (Å²) >= 11 is 0. The van der Waals surface area contributed by atoms with Gasteiger partial charge in [0.2, 0.25) is 11.8 Å². The van der Waals surface area contributed by atoms with E-state index < -0.39 is 12.1 Å². The van der Waals surface area contributed by atoms with Crippen molar-refractivity contribution in [2.24, 2.45) is 0 Å². The number of amides is 2. The van der Waals surface area contributed by atoms with Crippen LogP contribution in [0.2, 0.25) is 0 Å². The molecule has 1 heterocycles. The van der Waals surface area contributed by atoms with Gasteiger partial charge < -0.3 is 16.7 Å². The zero-order valence-electron chi connectivity index (χ0n) is 12.5. The minimum atomic E-state index is -0.598. The molecule has 1 fully saturated rings. The molecular weight excluding hydrogens is 436 g/mol. The van der Waals surface area contributed by atoms with Gasteiger partial charge in [-0.25, -0.2) is 0 Å². The Hall–Kier alpha value is -1.15. The zero-order chi connectivity index (χ0) is 14.7. The number of carbonyl (C=O) groups is 2. The van der Waals surface area contributed by atoms with Crippen LogP contribution < -0.4 is 0 Å². The van der Waals surface area contributed by atoms with Crippen LogP contribution in [0.25, 0.3) is 0 Å². The third kappa shape index (κ3) is 3.55. The Balaban J connectivity index is 0.00000220. The maximum absolute atomic E-state index is 12.6. The fraction of sp³-hybridized carbons (Fsp3) is 0.438. The van der Waals surface area contributed by atoms with Crippen molar-refractivity contribution in [2.75, 3.05) is 13.1 Å². The first-order valence-electron chi connectivity index (χ1n) is 7.08. The number of benzene rings is 1. The summed E-state index contributed by atoms with van der Waals surface area (Å²) in [7, 11) is 0. The number of rotatable bonds is 4. The molecule has 1 aliphatic rings. The third-order valence-corrected chi connectivity index (χ3v) is 3.84. The molecule has 1 saturated heterocycles. The monoisotopic (exact) mass is 457 g/mol. The van der Waals surface area contributed by atoms with Crippen molar-refractivity contribution in [3.63, 3.8) is 0 Å². The van der Waals surface area contributed by atoms with Gasteiger partial charge in [-0.3, -0.25) is 9.59 Å². The van der Waals surface area contributed by atoms with E-state index in [2.05, 4.69) is 6.92 Å². The van der Waals surface area contributed by atoms with Crippen molar-refractivity contribution in [3.05, 3.63) is 42.8 Å². The minimum absolute atomic E-state index is 0. The Bertz CT molecular complexity index is 492. The molecule has 0 aliphatic carbocycles. The third-order valence-electron chi connectivity index (χ3n) is 3.84. The first-order valence-corrected chi connectivity index (χ1v) is 7.08. The molecule has 0 aromatic heterocycles. The molecule has 0 spiro atoms. The molecule has 0 radical (unpaired) electrons. The molecule has 2 unspecified atom stereocenters. The Morgan fingerprint density at radius 2 is 1.57 bits per heavy atom. The molecule has 5 heteroatoms. The summed E-state index contributed by atoms with van der Waals surface area (Å²) in [5.74, 6) is -0.0623. The van der Waals surface area contributed by atoms with E-state index in [1.165, 1.54) is 0 Å². The van der Waals surface area contributed by atoms with Crippen LogP contribution in [0.1, 0.15) is 19.4 Å². The number of carbonyl (C=O) groups excluding carboxylic acids is 2. The normalized spacial score (nSPS) is 22.2. The van der Waals surface area contributed by atoms with Crippen LogP contribution in [0.3, 0.4) is 0 Å². The molecule has 2 amide bonds. The summed E-state index contributed by atoms with van der Waals surface area (Å²) in [6, 6.07) is 8.80. The molecule has 2 rings (SSSR count). The van der Waals surface area contributed by atoms with Crippen LogP contribution in [0.5, 0.6) is 0 Å². The Kier molecular flexibility index (Phi) is 6.60. The summed E-state index contributed by atoms with van der Waals surface area (Å²) in [6.07, 6.45) is 0.558. The van der Waals surface area contributed by atoms with E-state index in [4.69, 9.17) is 0 Å². The smallest absolute Gasteiger partial charge is 0.243 e. The summed E-state index contributed by atoms with van der Waals surface area (Å²) < 4.78 is 0. The fourth-order valence-corrected chi connectivity index (χ4v) is 2.74. The van der Waals surface area contributed by atoms with Gasteiger partial charge in [-0.15, -0.1) is 0 Å². The maximum atomic E-state index is 12.6. The van der Waals surface area contributed by atoms with Crippen LogP contribution in [0.4, 0.5) is 0 Å². The Labute approximate surface area is 140 Å². The molecule has 0 bridgehead atoms. The van der Waals surface area contributed by atoms with Crippen LogP contribution in [-0.4, -0.2) is 46.8 Å².